The third-order valence-electron chi connectivity index (χ3n) is 2.05. The van der Waals surface area contributed by atoms with Crippen LogP contribution in [0.25, 0.3) is 0 Å². The van der Waals surface area contributed by atoms with Gasteiger partial charge in [0.15, 0.2) is 0 Å². The maximum absolute atomic E-state index is 11.7. The molecule has 0 aliphatic carbocycles. The number of carbonyl (C=O) groups is 1. The molecule has 3 nitrogen and oxygen atoms in total. The Morgan fingerprint density at radius 1 is 1.41 bits per heavy atom. The summed E-state index contributed by atoms with van der Waals surface area (Å²) in [5.41, 5.74) is 6.24. The number of nitrogen functional groups attached to an aromatic ring is 1. The molecular weight excluding hydrogens is 259 g/mol. The van der Waals surface area contributed by atoms with Gasteiger partial charge in [0.1, 0.15) is 0 Å². The number of benzene rings is 1. The molecule has 0 radical (unpaired) electrons. The van der Waals surface area contributed by atoms with Crippen LogP contribution in [0.2, 0.25) is 10.0 Å². The average Bonchev–Trinajstić information content (AvgIpc) is 2.30. The van der Waals surface area contributed by atoms with Crippen molar-refractivity contribution in [2.45, 2.75) is 13.3 Å². The Balaban J connectivity index is 2.72. The number of carbonyl (C=O) groups excluding carboxylic acids is 1. The highest BCUT2D eigenvalue weighted by molar-refractivity contribution is 6.39. The highest BCUT2D eigenvalue weighted by Gasteiger charge is 2.10. The van der Waals surface area contributed by atoms with Gasteiger partial charge in [-0.2, -0.15) is 0 Å². The molecule has 1 amide bonds. The van der Waals surface area contributed by atoms with E-state index in [0.717, 1.165) is 0 Å². The van der Waals surface area contributed by atoms with Gasteiger partial charge < -0.3 is 11.1 Å². The summed E-state index contributed by atoms with van der Waals surface area (Å²) in [6.07, 6.45) is 0.610. The molecule has 0 bridgehead atoms. The topological polar surface area (TPSA) is 55.1 Å². The van der Waals surface area contributed by atoms with Crippen molar-refractivity contribution in [2.24, 2.45) is 0 Å². The Hall–Kier alpha value is -1.37. The highest BCUT2D eigenvalue weighted by atomic mass is 35.5. The molecule has 0 spiro atoms. The fourth-order valence-electron chi connectivity index (χ4n) is 1.18. The van der Waals surface area contributed by atoms with E-state index in [2.05, 4.69) is 17.2 Å². The van der Waals surface area contributed by atoms with Gasteiger partial charge in [-0.1, -0.05) is 23.2 Å². The molecule has 0 saturated carbocycles. The molecule has 0 aliphatic rings. The molecule has 5 heteroatoms. The lowest BCUT2D eigenvalue weighted by Crippen LogP contribution is -2.24. The van der Waals surface area contributed by atoms with Crippen molar-refractivity contribution in [3.63, 3.8) is 0 Å². The smallest absolute Gasteiger partial charge is 0.251 e. The number of anilines is 1. The maximum Gasteiger partial charge on any atom is 0.251 e. The van der Waals surface area contributed by atoms with Crippen LogP contribution in [-0.4, -0.2) is 12.5 Å². The number of hydrogen-bond donors (Lipinski definition) is 2. The molecule has 0 fully saturated rings. The lowest BCUT2D eigenvalue weighted by atomic mass is 10.2. The van der Waals surface area contributed by atoms with Gasteiger partial charge in [-0.15, -0.1) is 11.8 Å². The molecule has 1 aromatic carbocycles. The summed E-state index contributed by atoms with van der Waals surface area (Å²) in [6, 6.07) is 2.98. The fraction of sp³-hybridized carbons (Fsp3) is 0.250. The van der Waals surface area contributed by atoms with Crippen LogP contribution in [0, 0.1) is 11.8 Å². The summed E-state index contributed by atoms with van der Waals surface area (Å²) in [5.74, 6) is 5.35. The second-order valence-electron chi connectivity index (χ2n) is 3.29. The van der Waals surface area contributed by atoms with Crippen molar-refractivity contribution < 1.29 is 4.79 Å². The Morgan fingerprint density at radius 3 is 2.53 bits per heavy atom. The first-order valence-corrected chi connectivity index (χ1v) is 5.74. The Bertz CT molecular complexity index is 466. The third-order valence-corrected chi connectivity index (χ3v) is 2.68. The summed E-state index contributed by atoms with van der Waals surface area (Å²) in [5, 5.41) is 3.26. The molecular formula is C12H12Cl2N2O. The predicted molar refractivity (Wildman–Crippen MR) is 71.3 cm³/mol. The zero-order valence-electron chi connectivity index (χ0n) is 9.31. The van der Waals surface area contributed by atoms with Gasteiger partial charge in [0.2, 0.25) is 0 Å². The zero-order chi connectivity index (χ0) is 12.8. The van der Waals surface area contributed by atoms with Crippen molar-refractivity contribution in [1.29, 1.82) is 0 Å². The van der Waals surface area contributed by atoms with E-state index in [0.29, 0.717) is 18.5 Å². The van der Waals surface area contributed by atoms with E-state index in [9.17, 15) is 4.79 Å². The zero-order valence-corrected chi connectivity index (χ0v) is 10.8. The van der Waals surface area contributed by atoms with Gasteiger partial charge in [0, 0.05) is 18.5 Å². The standard InChI is InChI=1S/C12H12Cl2N2O/c1-2-3-4-5-16-12(17)8-6-9(13)11(15)10(14)7-8/h6-7H,4-5,15H2,1H3,(H,16,17). The minimum atomic E-state index is -0.244. The number of rotatable bonds is 3. The second kappa shape index (κ2) is 6.39. The average molecular weight is 271 g/mol. The van der Waals surface area contributed by atoms with Crippen molar-refractivity contribution in [2.75, 3.05) is 12.3 Å². The molecule has 0 aromatic heterocycles. The number of nitrogens with two attached hydrogens (primary N) is 1. The van der Waals surface area contributed by atoms with Gasteiger partial charge in [-0.3, -0.25) is 4.79 Å². The number of amides is 1. The van der Waals surface area contributed by atoms with Gasteiger partial charge in [0.25, 0.3) is 5.91 Å². The first-order chi connectivity index (χ1) is 8.06. The van der Waals surface area contributed by atoms with Crippen molar-refractivity contribution in [3.8, 4) is 11.8 Å². The van der Waals surface area contributed by atoms with Crippen molar-refractivity contribution >= 4 is 34.8 Å². The molecule has 3 N–H and O–H groups in total. The fourth-order valence-corrected chi connectivity index (χ4v) is 1.67. The van der Waals surface area contributed by atoms with E-state index in [1.54, 1.807) is 6.92 Å². The van der Waals surface area contributed by atoms with E-state index in [4.69, 9.17) is 28.9 Å². The lowest BCUT2D eigenvalue weighted by Gasteiger charge is -2.06. The van der Waals surface area contributed by atoms with Gasteiger partial charge in [-0.05, 0) is 19.1 Å². The minimum absolute atomic E-state index is 0.244. The van der Waals surface area contributed by atoms with Crippen LogP contribution >= 0.6 is 23.2 Å². The van der Waals surface area contributed by atoms with E-state index in [1.807, 2.05) is 0 Å². The number of nitrogens with one attached hydrogen (secondary N) is 1. The molecule has 0 aliphatic heterocycles. The molecule has 17 heavy (non-hydrogen) atoms. The van der Waals surface area contributed by atoms with Crippen LogP contribution in [0.4, 0.5) is 5.69 Å². The van der Waals surface area contributed by atoms with Crippen LogP contribution < -0.4 is 11.1 Å². The first kappa shape index (κ1) is 13.7. The van der Waals surface area contributed by atoms with Crippen LogP contribution in [0.3, 0.4) is 0 Å². The van der Waals surface area contributed by atoms with Crippen molar-refractivity contribution in [1.82, 2.24) is 5.32 Å². The number of halogens is 2. The van der Waals surface area contributed by atoms with Crippen LogP contribution in [0.1, 0.15) is 23.7 Å². The quantitative estimate of drug-likeness (QED) is 0.504. The molecule has 0 atom stereocenters. The van der Waals surface area contributed by atoms with E-state index in [-0.39, 0.29) is 21.6 Å². The van der Waals surface area contributed by atoms with Crippen LogP contribution in [-0.2, 0) is 0 Å². The minimum Gasteiger partial charge on any atom is -0.396 e. The van der Waals surface area contributed by atoms with Crippen LogP contribution in [0.5, 0.6) is 0 Å². The molecule has 0 saturated heterocycles. The molecule has 0 heterocycles. The largest absolute Gasteiger partial charge is 0.396 e. The summed E-state index contributed by atoms with van der Waals surface area (Å²) in [6.45, 7) is 2.24. The summed E-state index contributed by atoms with van der Waals surface area (Å²) >= 11 is 11.7. The van der Waals surface area contributed by atoms with Crippen LogP contribution in [0.15, 0.2) is 12.1 Å². The van der Waals surface area contributed by atoms with Crippen molar-refractivity contribution in [3.05, 3.63) is 27.7 Å². The van der Waals surface area contributed by atoms with Gasteiger partial charge in [-0.25, -0.2) is 0 Å². The number of hydrogen-bond acceptors (Lipinski definition) is 2. The first-order valence-electron chi connectivity index (χ1n) is 4.98. The second-order valence-corrected chi connectivity index (χ2v) is 4.10. The Kier molecular flexibility index (Phi) is 5.14. The SMILES string of the molecule is CC#CCCNC(=O)c1cc(Cl)c(N)c(Cl)c1. The van der Waals surface area contributed by atoms with Gasteiger partial charge >= 0.3 is 0 Å². The highest BCUT2D eigenvalue weighted by Crippen LogP contribution is 2.28. The summed E-state index contributed by atoms with van der Waals surface area (Å²) in [7, 11) is 0. The Morgan fingerprint density at radius 2 is 2.00 bits per heavy atom. The monoisotopic (exact) mass is 270 g/mol. The predicted octanol–water partition coefficient (Wildman–Crippen LogP) is 2.72. The normalized spacial score (nSPS) is 9.35. The Labute approximate surface area is 110 Å². The third kappa shape index (κ3) is 3.85. The van der Waals surface area contributed by atoms with E-state index < -0.39 is 0 Å². The molecule has 1 rings (SSSR count). The van der Waals surface area contributed by atoms with Gasteiger partial charge in [0.05, 0.1) is 15.7 Å². The molecule has 1 aromatic rings. The summed E-state index contributed by atoms with van der Waals surface area (Å²) in [4.78, 5) is 11.7. The van der Waals surface area contributed by atoms with E-state index in [1.165, 1.54) is 12.1 Å². The van der Waals surface area contributed by atoms with E-state index >= 15 is 0 Å². The molecule has 90 valence electrons. The lowest BCUT2D eigenvalue weighted by molar-refractivity contribution is 0.0954. The maximum atomic E-state index is 11.7. The summed E-state index contributed by atoms with van der Waals surface area (Å²) < 4.78 is 0. The molecule has 0 unspecified atom stereocenters.